The van der Waals surface area contributed by atoms with Crippen LogP contribution in [0.3, 0.4) is 0 Å². The van der Waals surface area contributed by atoms with E-state index in [0.29, 0.717) is 0 Å². The van der Waals surface area contributed by atoms with Gasteiger partial charge in [-0.05, 0) is 48.5 Å². The van der Waals surface area contributed by atoms with E-state index in [4.69, 9.17) is 33.2 Å². The summed E-state index contributed by atoms with van der Waals surface area (Å²) in [6.07, 6.45) is -6.03. The van der Waals surface area contributed by atoms with Gasteiger partial charge >= 0.3 is 41.8 Å². The number of hydrogen-bond donors (Lipinski definition) is 0. The van der Waals surface area contributed by atoms with E-state index in [-0.39, 0.29) is 45.1 Å². The van der Waals surface area contributed by atoms with Crippen molar-refractivity contribution in [2.75, 3.05) is 6.61 Å². The molecule has 6 atom stereocenters. The standard InChI is InChI=1S/C28H44O14/c1-9-36-23(30)10-17(3)38-25(32)12-19(5)40-27(34)14-21(7)42-28(35)15-20(6)41-26(33)13-18(4)39-24(31)11-16(2)37-22(8)29/h16-21H,9-15H2,1-8H3/t16-,17-,18-,19-,20-,21-/m1/s1. The molecule has 0 amide bonds. The van der Waals surface area contributed by atoms with Crippen LogP contribution < -0.4 is 0 Å². The van der Waals surface area contributed by atoms with Gasteiger partial charge in [-0.3, -0.25) is 33.6 Å². The Kier molecular flexibility index (Phi) is 18.4. The Balaban J connectivity index is 4.35. The summed E-state index contributed by atoms with van der Waals surface area (Å²) in [6, 6.07) is 0. The number of rotatable bonds is 19. The highest BCUT2D eigenvalue weighted by atomic mass is 16.6. The molecular weight excluding hydrogens is 560 g/mol. The van der Waals surface area contributed by atoms with E-state index in [1.54, 1.807) is 13.8 Å². The van der Waals surface area contributed by atoms with E-state index in [1.807, 2.05) is 0 Å². The van der Waals surface area contributed by atoms with Crippen molar-refractivity contribution in [3.8, 4) is 0 Å². The molecule has 0 N–H and O–H groups in total. The molecule has 0 aromatic carbocycles. The Labute approximate surface area is 246 Å². The molecule has 0 aliphatic rings. The van der Waals surface area contributed by atoms with Gasteiger partial charge in [0.05, 0.1) is 45.1 Å². The van der Waals surface area contributed by atoms with E-state index in [9.17, 15) is 33.6 Å². The molecule has 14 heteroatoms. The summed E-state index contributed by atoms with van der Waals surface area (Å²) >= 11 is 0. The molecule has 42 heavy (non-hydrogen) atoms. The molecule has 0 saturated carbocycles. The van der Waals surface area contributed by atoms with E-state index >= 15 is 0 Å². The first-order chi connectivity index (χ1) is 19.5. The van der Waals surface area contributed by atoms with Gasteiger partial charge in [0.1, 0.15) is 36.6 Å². The van der Waals surface area contributed by atoms with Crippen LogP contribution in [0.25, 0.3) is 0 Å². The second-order valence-electron chi connectivity index (χ2n) is 9.95. The van der Waals surface area contributed by atoms with Crippen LogP contribution in [0, 0.1) is 0 Å². The average molecular weight is 605 g/mol. The minimum atomic E-state index is -0.856. The zero-order chi connectivity index (χ0) is 32.4. The molecule has 0 saturated heterocycles. The topological polar surface area (TPSA) is 184 Å². The lowest BCUT2D eigenvalue weighted by atomic mass is 10.2. The molecule has 14 nitrogen and oxygen atoms in total. The predicted molar refractivity (Wildman–Crippen MR) is 143 cm³/mol. The van der Waals surface area contributed by atoms with E-state index < -0.39 is 78.4 Å². The van der Waals surface area contributed by atoms with E-state index in [1.165, 1.54) is 41.5 Å². The second-order valence-corrected chi connectivity index (χ2v) is 9.95. The van der Waals surface area contributed by atoms with Crippen molar-refractivity contribution in [2.45, 2.75) is 131 Å². The third-order valence-corrected chi connectivity index (χ3v) is 5.06. The van der Waals surface area contributed by atoms with Crippen molar-refractivity contribution in [3.63, 3.8) is 0 Å². The molecule has 0 radical (unpaired) electrons. The summed E-state index contributed by atoms with van der Waals surface area (Å²) < 4.78 is 35.3. The third-order valence-electron chi connectivity index (χ3n) is 5.06. The van der Waals surface area contributed by atoms with Gasteiger partial charge in [-0.15, -0.1) is 0 Å². The van der Waals surface area contributed by atoms with Crippen LogP contribution in [0.2, 0.25) is 0 Å². The van der Waals surface area contributed by atoms with Crippen LogP contribution in [0.4, 0.5) is 0 Å². The Morgan fingerprint density at radius 3 is 0.833 bits per heavy atom. The Morgan fingerprint density at radius 2 is 0.619 bits per heavy atom. The van der Waals surface area contributed by atoms with Crippen molar-refractivity contribution in [1.29, 1.82) is 0 Å². The molecule has 0 unspecified atom stereocenters. The number of carbonyl (C=O) groups excluding carboxylic acids is 7. The number of carbonyl (C=O) groups is 7. The maximum absolute atomic E-state index is 12.2. The molecular formula is C28H44O14. The van der Waals surface area contributed by atoms with Gasteiger partial charge < -0.3 is 33.2 Å². The molecule has 0 rings (SSSR count). The Morgan fingerprint density at radius 1 is 0.405 bits per heavy atom. The molecule has 0 fully saturated rings. The van der Waals surface area contributed by atoms with Gasteiger partial charge in [0.15, 0.2) is 0 Å². The first-order valence-electron chi connectivity index (χ1n) is 13.8. The summed E-state index contributed by atoms with van der Waals surface area (Å²) in [5.41, 5.74) is 0. The average Bonchev–Trinajstić information content (AvgIpc) is 2.76. The Hall–Kier alpha value is -3.71. The largest absolute Gasteiger partial charge is 0.466 e. The smallest absolute Gasteiger partial charge is 0.309 e. The van der Waals surface area contributed by atoms with E-state index in [0.717, 1.165) is 0 Å². The van der Waals surface area contributed by atoms with Gasteiger partial charge in [0, 0.05) is 6.92 Å². The highest BCUT2D eigenvalue weighted by molar-refractivity contribution is 5.76. The molecule has 0 heterocycles. The van der Waals surface area contributed by atoms with Crippen molar-refractivity contribution < 1.29 is 66.7 Å². The predicted octanol–water partition coefficient (Wildman–Crippen LogP) is 2.50. The zero-order valence-electron chi connectivity index (χ0n) is 25.6. The summed E-state index contributed by atoms with van der Waals surface area (Å²) in [5.74, 6) is -4.46. The van der Waals surface area contributed by atoms with E-state index in [2.05, 4.69) is 0 Å². The first kappa shape index (κ1) is 38.3. The summed E-state index contributed by atoms with van der Waals surface area (Å²) in [7, 11) is 0. The normalized spacial score (nSPS) is 15.0. The van der Waals surface area contributed by atoms with Gasteiger partial charge in [-0.25, -0.2) is 0 Å². The van der Waals surface area contributed by atoms with Gasteiger partial charge in [0.25, 0.3) is 0 Å². The minimum Gasteiger partial charge on any atom is -0.466 e. The number of ether oxygens (including phenoxy) is 7. The fraction of sp³-hybridized carbons (Fsp3) is 0.750. The Bertz CT molecular complexity index is 930. The monoisotopic (exact) mass is 604 g/mol. The van der Waals surface area contributed by atoms with Crippen LogP contribution in [-0.2, 0) is 66.7 Å². The van der Waals surface area contributed by atoms with Gasteiger partial charge in [0.2, 0.25) is 0 Å². The zero-order valence-corrected chi connectivity index (χ0v) is 25.6. The fourth-order valence-electron chi connectivity index (χ4n) is 3.52. The van der Waals surface area contributed by atoms with Crippen LogP contribution in [0.1, 0.15) is 93.9 Å². The lowest BCUT2D eigenvalue weighted by Crippen LogP contribution is -2.28. The fourth-order valence-corrected chi connectivity index (χ4v) is 3.52. The number of esters is 7. The van der Waals surface area contributed by atoms with Crippen LogP contribution in [0.5, 0.6) is 0 Å². The molecule has 0 aromatic rings. The van der Waals surface area contributed by atoms with Gasteiger partial charge in [-0.2, -0.15) is 0 Å². The quantitative estimate of drug-likeness (QED) is 0.155. The van der Waals surface area contributed by atoms with Crippen molar-refractivity contribution in [1.82, 2.24) is 0 Å². The first-order valence-corrected chi connectivity index (χ1v) is 13.8. The maximum Gasteiger partial charge on any atom is 0.309 e. The molecule has 0 spiro atoms. The summed E-state index contributed by atoms with van der Waals surface area (Å²) in [6.45, 7) is 12.1. The van der Waals surface area contributed by atoms with Crippen LogP contribution in [0.15, 0.2) is 0 Å². The highest BCUT2D eigenvalue weighted by Crippen LogP contribution is 2.11. The summed E-state index contributed by atoms with van der Waals surface area (Å²) in [5, 5.41) is 0. The molecule has 0 aliphatic carbocycles. The minimum absolute atomic E-state index is 0.0946. The lowest BCUT2D eigenvalue weighted by molar-refractivity contribution is -0.161. The SMILES string of the molecule is CCOC(=O)C[C@@H](C)OC(=O)C[C@@H](C)OC(=O)C[C@@H](C)OC(=O)C[C@@H](C)OC(=O)C[C@@H](C)OC(=O)C[C@@H](C)OC(C)=O. The maximum atomic E-state index is 12.2. The summed E-state index contributed by atoms with van der Waals surface area (Å²) in [4.78, 5) is 82.7. The van der Waals surface area contributed by atoms with Crippen molar-refractivity contribution in [2.24, 2.45) is 0 Å². The lowest BCUT2D eigenvalue weighted by Gasteiger charge is -2.19. The third kappa shape index (κ3) is 20.2. The van der Waals surface area contributed by atoms with Crippen LogP contribution >= 0.6 is 0 Å². The molecule has 0 aliphatic heterocycles. The molecule has 0 aromatic heterocycles. The van der Waals surface area contributed by atoms with Gasteiger partial charge in [-0.1, -0.05) is 0 Å². The number of hydrogen-bond acceptors (Lipinski definition) is 14. The molecule has 240 valence electrons. The van der Waals surface area contributed by atoms with Crippen LogP contribution in [-0.4, -0.2) is 85.0 Å². The highest BCUT2D eigenvalue weighted by Gasteiger charge is 2.23. The molecule has 0 bridgehead atoms. The van der Waals surface area contributed by atoms with Crippen molar-refractivity contribution in [3.05, 3.63) is 0 Å². The second kappa shape index (κ2) is 20.2. The van der Waals surface area contributed by atoms with Crippen molar-refractivity contribution >= 4 is 41.8 Å².